The molecule has 3 aliphatic rings. The largest absolute Gasteiger partial charge is 0.334 e. The van der Waals surface area contributed by atoms with Gasteiger partial charge >= 0.3 is 0 Å². The Balaban J connectivity index is 1.12. The summed E-state index contributed by atoms with van der Waals surface area (Å²) in [6, 6.07) is 71.2. The molecule has 8 aromatic rings. The van der Waals surface area contributed by atoms with Crippen LogP contribution in [0.2, 0.25) is 0 Å². The van der Waals surface area contributed by atoms with E-state index < -0.39 is 0 Å². The molecule has 62 heavy (non-hydrogen) atoms. The number of hydrogen-bond donors (Lipinski definition) is 0. The van der Waals surface area contributed by atoms with E-state index in [1.165, 1.54) is 94.3 Å². The van der Waals surface area contributed by atoms with Crippen molar-refractivity contribution >= 4 is 57.8 Å². The summed E-state index contributed by atoms with van der Waals surface area (Å²) >= 11 is 2.07. The van der Waals surface area contributed by atoms with Gasteiger partial charge in [0.1, 0.15) is 0 Å². The minimum absolute atomic E-state index is 0.0999. The van der Waals surface area contributed by atoms with Gasteiger partial charge in [-0.25, -0.2) is 0 Å². The second-order valence-corrected chi connectivity index (χ2v) is 20.6. The van der Waals surface area contributed by atoms with Gasteiger partial charge in [0.15, 0.2) is 0 Å². The first-order chi connectivity index (χ1) is 30.0. The number of anilines is 5. The maximum Gasteiger partial charge on any atom is 0.233 e. The first-order valence-electron chi connectivity index (χ1n) is 22.1. The highest BCUT2D eigenvalue weighted by Crippen LogP contribution is 2.57. The second-order valence-electron chi connectivity index (χ2n) is 19.4. The van der Waals surface area contributed by atoms with Gasteiger partial charge in [0.05, 0.1) is 6.04 Å². The summed E-state index contributed by atoms with van der Waals surface area (Å²) in [4.78, 5) is 6.60. The molecule has 2 nitrogen and oxygen atoms in total. The minimum atomic E-state index is 0.0999. The average Bonchev–Trinajstić information content (AvgIpc) is 3.67. The van der Waals surface area contributed by atoms with Crippen molar-refractivity contribution in [1.29, 1.82) is 0 Å². The molecule has 0 aliphatic carbocycles. The summed E-state index contributed by atoms with van der Waals surface area (Å²) in [7, 11) is 0. The SMILES string of the molecule is CC(C)(C)c1ccc(-c2cccc(N3c4cccc5c4B(c4ccc(-c6ccc(C(C)(C)C)cc6)cc4N5c4ccccc4)C4Sc5ccc(-c6ccccc6)cc5C43)c2)cc1. The smallest absolute Gasteiger partial charge is 0.233 e. The van der Waals surface area contributed by atoms with Crippen molar-refractivity contribution in [2.45, 2.75) is 68.5 Å². The van der Waals surface area contributed by atoms with E-state index in [0.29, 0.717) is 0 Å². The Kier molecular flexibility index (Phi) is 9.18. The fraction of sp³-hybridized carbons (Fsp3) is 0.172. The lowest BCUT2D eigenvalue weighted by atomic mass is 9.33. The number of rotatable bonds is 5. The van der Waals surface area contributed by atoms with Gasteiger partial charge in [-0.3, -0.25) is 0 Å². The van der Waals surface area contributed by atoms with Gasteiger partial charge in [-0.2, -0.15) is 0 Å². The first-order valence-corrected chi connectivity index (χ1v) is 23.0. The Bertz CT molecular complexity index is 2960. The third-order valence-corrected chi connectivity index (χ3v) is 14.8. The summed E-state index contributed by atoms with van der Waals surface area (Å²) in [5, 5.41) is 0.230. The Hall–Kier alpha value is -6.23. The van der Waals surface area contributed by atoms with E-state index in [1.807, 2.05) is 0 Å². The summed E-state index contributed by atoms with van der Waals surface area (Å²) in [5.74, 6) is 0. The van der Waals surface area contributed by atoms with Gasteiger partial charge in [0.25, 0.3) is 0 Å². The maximum atomic E-state index is 2.69. The van der Waals surface area contributed by atoms with E-state index in [9.17, 15) is 0 Å². The predicted molar refractivity (Wildman–Crippen MR) is 267 cm³/mol. The van der Waals surface area contributed by atoms with Crippen LogP contribution in [0.15, 0.2) is 193 Å². The zero-order valence-electron chi connectivity index (χ0n) is 36.4. The lowest BCUT2D eigenvalue weighted by Crippen LogP contribution is -2.62. The van der Waals surface area contributed by atoms with Gasteiger partial charge in [-0.1, -0.05) is 175 Å². The molecule has 0 N–H and O–H groups in total. The molecule has 0 bridgehead atoms. The van der Waals surface area contributed by atoms with Crippen LogP contribution in [0.5, 0.6) is 0 Å². The molecule has 2 atom stereocenters. The van der Waals surface area contributed by atoms with Crippen LogP contribution in [-0.2, 0) is 10.8 Å². The van der Waals surface area contributed by atoms with E-state index in [4.69, 9.17) is 0 Å². The molecular formula is C58H51BN2S. The van der Waals surface area contributed by atoms with Crippen LogP contribution in [-0.4, -0.2) is 11.9 Å². The topological polar surface area (TPSA) is 6.48 Å². The third-order valence-electron chi connectivity index (χ3n) is 13.4. The third kappa shape index (κ3) is 6.50. The monoisotopic (exact) mass is 818 g/mol. The fourth-order valence-corrected chi connectivity index (χ4v) is 11.7. The van der Waals surface area contributed by atoms with Gasteiger partial charge in [0.2, 0.25) is 6.71 Å². The van der Waals surface area contributed by atoms with Gasteiger partial charge in [0, 0.05) is 38.5 Å². The molecule has 0 fully saturated rings. The van der Waals surface area contributed by atoms with Gasteiger partial charge < -0.3 is 9.80 Å². The number of hydrogen-bond acceptors (Lipinski definition) is 3. The van der Waals surface area contributed by atoms with Crippen LogP contribution >= 0.6 is 11.8 Å². The molecular weight excluding hydrogens is 768 g/mol. The highest BCUT2D eigenvalue weighted by Gasteiger charge is 2.53. The molecule has 0 spiro atoms. The fourth-order valence-electron chi connectivity index (χ4n) is 10.2. The second kappa shape index (κ2) is 14.7. The number of fused-ring (bicyclic) bond motifs is 6. The molecule has 0 radical (unpaired) electrons. The van der Waals surface area contributed by atoms with Crippen LogP contribution in [0.25, 0.3) is 33.4 Å². The Morgan fingerprint density at radius 3 is 1.61 bits per heavy atom. The molecule has 0 saturated carbocycles. The van der Waals surface area contributed by atoms with Crippen molar-refractivity contribution in [3.8, 4) is 33.4 Å². The predicted octanol–water partition coefficient (Wildman–Crippen LogP) is 14.6. The molecule has 3 aliphatic heterocycles. The highest BCUT2D eigenvalue weighted by atomic mass is 32.2. The minimum Gasteiger partial charge on any atom is -0.334 e. The summed E-state index contributed by atoms with van der Waals surface area (Å²) < 4.78 is 0. The summed E-state index contributed by atoms with van der Waals surface area (Å²) in [6.45, 7) is 13.9. The van der Waals surface area contributed by atoms with E-state index in [2.05, 4.69) is 251 Å². The zero-order valence-corrected chi connectivity index (χ0v) is 37.2. The zero-order chi connectivity index (χ0) is 42.3. The van der Waals surface area contributed by atoms with Crippen molar-refractivity contribution in [2.24, 2.45) is 0 Å². The molecule has 8 aromatic carbocycles. The molecule has 0 saturated heterocycles. The lowest BCUT2D eigenvalue weighted by molar-refractivity contribution is 0.590. The molecule has 302 valence electrons. The van der Waals surface area contributed by atoms with Crippen molar-refractivity contribution < 1.29 is 0 Å². The number of thioether (sulfide) groups is 1. The van der Waals surface area contributed by atoms with E-state index >= 15 is 0 Å². The summed E-state index contributed by atoms with van der Waals surface area (Å²) in [5.41, 5.74) is 20.7. The number of para-hydroxylation sites is 1. The van der Waals surface area contributed by atoms with Crippen LogP contribution in [0.1, 0.15) is 64.3 Å². The molecule has 2 unspecified atom stereocenters. The number of benzene rings is 8. The molecule has 3 heterocycles. The standard InChI is InChI=1S/C58H51BN2S/c1-57(2,3)44-29-23-39(24-30-44)41-17-13-20-47(35-41)61-51-22-14-21-50-54(51)59(56-55(61)48-36-42(28-34-53(48)62-56)38-15-9-7-10-16-38)49-33-27-43(40-25-31-45(32-26-40)58(4,5)6)37-52(49)60(50)46-18-11-8-12-19-46/h7-37,55-56H,1-6H3. The van der Waals surface area contributed by atoms with Crippen molar-refractivity contribution in [3.05, 3.63) is 205 Å². The molecule has 11 rings (SSSR count). The maximum absolute atomic E-state index is 2.69. The van der Waals surface area contributed by atoms with Crippen LogP contribution in [0.4, 0.5) is 28.4 Å². The summed E-state index contributed by atoms with van der Waals surface area (Å²) in [6.07, 6.45) is 0. The van der Waals surface area contributed by atoms with E-state index in [0.717, 1.165) is 0 Å². The van der Waals surface area contributed by atoms with Crippen LogP contribution in [0.3, 0.4) is 0 Å². The van der Waals surface area contributed by atoms with Gasteiger partial charge in [-0.05, 0) is 126 Å². The Morgan fingerprint density at radius 2 is 0.952 bits per heavy atom. The van der Waals surface area contributed by atoms with Crippen LogP contribution < -0.4 is 20.7 Å². The first kappa shape index (κ1) is 38.7. The van der Waals surface area contributed by atoms with Crippen molar-refractivity contribution in [1.82, 2.24) is 0 Å². The normalized spacial score (nSPS) is 16.4. The quantitative estimate of drug-likeness (QED) is 0.160. The lowest BCUT2D eigenvalue weighted by Gasteiger charge is -2.48. The molecule has 0 aromatic heterocycles. The highest BCUT2D eigenvalue weighted by molar-refractivity contribution is 8.02. The van der Waals surface area contributed by atoms with Gasteiger partial charge in [-0.15, -0.1) is 11.8 Å². The van der Waals surface area contributed by atoms with E-state index in [1.54, 1.807) is 0 Å². The van der Waals surface area contributed by atoms with Crippen LogP contribution in [0, 0.1) is 0 Å². The van der Waals surface area contributed by atoms with Crippen molar-refractivity contribution in [3.63, 3.8) is 0 Å². The molecule has 0 amide bonds. The molecule has 4 heteroatoms. The van der Waals surface area contributed by atoms with E-state index in [-0.39, 0.29) is 28.7 Å². The average molecular weight is 819 g/mol. The van der Waals surface area contributed by atoms with Crippen molar-refractivity contribution in [2.75, 3.05) is 9.80 Å². The Labute approximate surface area is 372 Å². The number of nitrogens with zero attached hydrogens (tertiary/aromatic N) is 2. The Morgan fingerprint density at radius 1 is 0.435 bits per heavy atom.